The average molecular weight is 198 g/mol. The minimum atomic E-state index is -0.705. The molecule has 76 valence electrons. The Morgan fingerprint density at radius 3 is 2.71 bits per heavy atom. The van der Waals surface area contributed by atoms with Gasteiger partial charge in [-0.1, -0.05) is 0 Å². The number of rotatable bonds is 3. The molecule has 4 nitrogen and oxygen atoms in total. The van der Waals surface area contributed by atoms with Gasteiger partial charge in [0.25, 0.3) is 5.91 Å². The van der Waals surface area contributed by atoms with Crippen molar-refractivity contribution in [3.63, 3.8) is 0 Å². The lowest BCUT2D eigenvalue weighted by molar-refractivity contribution is 0.100. The smallest absolute Gasteiger partial charge is 0.250 e. The minimum Gasteiger partial charge on any atom is -0.491 e. The predicted molar refractivity (Wildman–Crippen MR) is 50.5 cm³/mol. The van der Waals surface area contributed by atoms with Crippen molar-refractivity contribution in [1.82, 2.24) is 0 Å². The highest BCUT2D eigenvalue weighted by molar-refractivity contribution is 5.98. The van der Waals surface area contributed by atoms with Crippen LogP contribution >= 0.6 is 0 Å². The highest BCUT2D eigenvalue weighted by atomic mass is 19.1. The van der Waals surface area contributed by atoms with Gasteiger partial charge >= 0.3 is 0 Å². The molecule has 0 aliphatic heterocycles. The Kier molecular flexibility index (Phi) is 2.91. The molecule has 1 aromatic carbocycles. The fraction of sp³-hybridized carbons (Fsp3) is 0.222. The quantitative estimate of drug-likeness (QED) is 0.708. The molecule has 0 radical (unpaired) electrons. The molecule has 5 heteroatoms. The fourth-order valence-electron chi connectivity index (χ4n) is 1.05. The molecule has 0 heterocycles. The maximum absolute atomic E-state index is 13.1. The molecule has 0 unspecified atom stereocenters. The largest absolute Gasteiger partial charge is 0.491 e. The number of hydrogen-bond acceptors (Lipinski definition) is 3. The number of nitrogen functional groups attached to an aromatic ring is 1. The van der Waals surface area contributed by atoms with Crippen molar-refractivity contribution >= 4 is 11.6 Å². The second-order valence-electron chi connectivity index (χ2n) is 2.67. The van der Waals surface area contributed by atoms with Crippen LogP contribution in [0.2, 0.25) is 0 Å². The van der Waals surface area contributed by atoms with Crippen molar-refractivity contribution in [1.29, 1.82) is 0 Å². The van der Waals surface area contributed by atoms with E-state index in [1.165, 1.54) is 6.07 Å². The van der Waals surface area contributed by atoms with Crippen LogP contribution in [0.5, 0.6) is 5.75 Å². The second kappa shape index (κ2) is 3.95. The second-order valence-corrected chi connectivity index (χ2v) is 2.67. The highest BCUT2D eigenvalue weighted by Crippen LogP contribution is 2.23. The van der Waals surface area contributed by atoms with Gasteiger partial charge in [0.15, 0.2) is 11.6 Å². The lowest BCUT2D eigenvalue weighted by Crippen LogP contribution is -2.14. The standard InChI is InChI=1S/C9H11FN2O2/c1-2-14-8-3-5(9(12)13)7(11)4-6(8)10/h3-4H,2,11H2,1H3,(H2,12,13). The van der Waals surface area contributed by atoms with Crippen LogP contribution in [0.25, 0.3) is 0 Å². The van der Waals surface area contributed by atoms with Gasteiger partial charge in [-0.2, -0.15) is 0 Å². The zero-order valence-corrected chi connectivity index (χ0v) is 7.71. The molecule has 4 N–H and O–H groups in total. The minimum absolute atomic E-state index is 0.0125. The average Bonchev–Trinajstić information content (AvgIpc) is 2.09. The van der Waals surface area contributed by atoms with E-state index in [9.17, 15) is 9.18 Å². The third-order valence-corrected chi connectivity index (χ3v) is 1.67. The Bertz CT molecular complexity index is 366. The summed E-state index contributed by atoms with van der Waals surface area (Å²) >= 11 is 0. The first-order valence-electron chi connectivity index (χ1n) is 4.08. The van der Waals surface area contributed by atoms with Crippen molar-refractivity contribution in [3.8, 4) is 5.75 Å². The molecule has 1 amide bonds. The first-order valence-corrected chi connectivity index (χ1v) is 4.08. The van der Waals surface area contributed by atoms with Crippen molar-refractivity contribution in [3.05, 3.63) is 23.5 Å². The molecule has 0 fully saturated rings. The molecule has 0 aliphatic carbocycles. The number of carbonyl (C=O) groups is 1. The van der Waals surface area contributed by atoms with Crippen molar-refractivity contribution < 1.29 is 13.9 Å². The topological polar surface area (TPSA) is 78.3 Å². The molecule has 1 rings (SSSR count). The molecule has 0 saturated heterocycles. The fourth-order valence-corrected chi connectivity index (χ4v) is 1.05. The summed E-state index contributed by atoms with van der Waals surface area (Å²) in [6.45, 7) is 2.01. The summed E-state index contributed by atoms with van der Waals surface area (Å²) in [6, 6.07) is 2.22. The van der Waals surface area contributed by atoms with E-state index in [-0.39, 0.29) is 17.0 Å². The van der Waals surface area contributed by atoms with Gasteiger partial charge in [0.2, 0.25) is 0 Å². The van der Waals surface area contributed by atoms with Crippen LogP contribution in [0.1, 0.15) is 17.3 Å². The Hall–Kier alpha value is -1.78. The van der Waals surface area contributed by atoms with Gasteiger partial charge in [-0.3, -0.25) is 4.79 Å². The monoisotopic (exact) mass is 198 g/mol. The molecular weight excluding hydrogens is 187 g/mol. The highest BCUT2D eigenvalue weighted by Gasteiger charge is 2.12. The summed E-state index contributed by atoms with van der Waals surface area (Å²) in [6.07, 6.45) is 0. The molecule has 0 saturated carbocycles. The molecule has 14 heavy (non-hydrogen) atoms. The number of benzene rings is 1. The third-order valence-electron chi connectivity index (χ3n) is 1.67. The van der Waals surface area contributed by atoms with Crippen LogP contribution in [0.15, 0.2) is 12.1 Å². The van der Waals surface area contributed by atoms with Crippen LogP contribution in [-0.4, -0.2) is 12.5 Å². The SMILES string of the molecule is CCOc1cc(C(N)=O)c(N)cc1F. The first-order chi connectivity index (χ1) is 6.56. The summed E-state index contributed by atoms with van der Waals surface area (Å²) in [5.41, 5.74) is 10.5. The van der Waals surface area contributed by atoms with Gasteiger partial charge in [0, 0.05) is 11.8 Å². The predicted octanol–water partition coefficient (Wildman–Crippen LogP) is 0.905. The lowest BCUT2D eigenvalue weighted by atomic mass is 10.1. The molecular formula is C9H11FN2O2. The van der Waals surface area contributed by atoms with Gasteiger partial charge in [0.05, 0.1) is 12.2 Å². The van der Waals surface area contributed by atoms with Gasteiger partial charge < -0.3 is 16.2 Å². The van der Waals surface area contributed by atoms with Crippen LogP contribution in [0.4, 0.5) is 10.1 Å². The third kappa shape index (κ3) is 1.93. The maximum Gasteiger partial charge on any atom is 0.250 e. The van der Waals surface area contributed by atoms with Crippen LogP contribution in [0.3, 0.4) is 0 Å². The van der Waals surface area contributed by atoms with E-state index in [1.54, 1.807) is 6.92 Å². The number of anilines is 1. The zero-order chi connectivity index (χ0) is 10.7. The number of halogens is 1. The molecule has 1 aromatic rings. The Labute approximate surface area is 80.6 Å². The first kappa shape index (κ1) is 10.3. The Balaban J connectivity index is 3.20. The van der Waals surface area contributed by atoms with E-state index in [0.29, 0.717) is 6.61 Å². The van der Waals surface area contributed by atoms with Crippen LogP contribution in [0, 0.1) is 5.82 Å². The maximum atomic E-state index is 13.1. The molecule has 0 bridgehead atoms. The Morgan fingerprint density at radius 2 is 2.21 bits per heavy atom. The van der Waals surface area contributed by atoms with E-state index in [4.69, 9.17) is 16.2 Å². The molecule has 0 atom stereocenters. The van der Waals surface area contributed by atoms with E-state index >= 15 is 0 Å². The van der Waals surface area contributed by atoms with Gasteiger partial charge in [0.1, 0.15) is 0 Å². The van der Waals surface area contributed by atoms with Gasteiger partial charge in [-0.05, 0) is 13.0 Å². The summed E-state index contributed by atoms with van der Waals surface area (Å²) in [4.78, 5) is 10.9. The van der Waals surface area contributed by atoms with E-state index < -0.39 is 11.7 Å². The summed E-state index contributed by atoms with van der Waals surface area (Å²) in [7, 11) is 0. The number of amides is 1. The van der Waals surface area contributed by atoms with Gasteiger partial charge in [-0.25, -0.2) is 4.39 Å². The summed E-state index contributed by atoms with van der Waals surface area (Å²) in [5, 5.41) is 0. The molecule has 0 aromatic heterocycles. The number of carbonyl (C=O) groups excluding carboxylic acids is 1. The van der Waals surface area contributed by atoms with Crippen LogP contribution < -0.4 is 16.2 Å². The number of hydrogen-bond donors (Lipinski definition) is 2. The number of primary amides is 1. The van der Waals surface area contributed by atoms with Crippen molar-refractivity contribution in [2.24, 2.45) is 5.73 Å². The van der Waals surface area contributed by atoms with Gasteiger partial charge in [-0.15, -0.1) is 0 Å². The number of ether oxygens (including phenoxy) is 1. The van der Waals surface area contributed by atoms with E-state index in [0.717, 1.165) is 6.07 Å². The number of nitrogens with two attached hydrogens (primary N) is 2. The molecule has 0 aliphatic rings. The van der Waals surface area contributed by atoms with E-state index in [1.807, 2.05) is 0 Å². The van der Waals surface area contributed by atoms with Crippen LogP contribution in [-0.2, 0) is 0 Å². The molecule has 0 spiro atoms. The Morgan fingerprint density at radius 1 is 1.57 bits per heavy atom. The normalized spacial score (nSPS) is 9.86. The van der Waals surface area contributed by atoms with E-state index in [2.05, 4.69) is 0 Å². The lowest BCUT2D eigenvalue weighted by Gasteiger charge is -2.07. The zero-order valence-electron chi connectivity index (χ0n) is 7.71. The van der Waals surface area contributed by atoms with Crippen molar-refractivity contribution in [2.75, 3.05) is 12.3 Å². The summed E-state index contributed by atoms with van der Waals surface area (Å²) < 4.78 is 18.1. The van der Waals surface area contributed by atoms with Crippen molar-refractivity contribution in [2.45, 2.75) is 6.92 Å². The summed E-state index contributed by atoms with van der Waals surface area (Å²) in [5.74, 6) is -1.33.